The summed E-state index contributed by atoms with van der Waals surface area (Å²) in [6, 6.07) is 13.7. The second-order valence-corrected chi connectivity index (χ2v) is 6.45. The molecule has 1 amide bonds. The number of carbonyl (C=O) groups excluding carboxylic acids is 1. The fraction of sp³-hybridized carbons (Fsp3) is 0.227. The molecule has 1 aliphatic carbocycles. The minimum Gasteiger partial charge on any atom is -0.493 e. The topological polar surface area (TPSA) is 56.8 Å². The number of hydrogen-bond acceptors (Lipinski definition) is 4. The lowest BCUT2D eigenvalue weighted by atomic mass is 10.0. The highest BCUT2D eigenvalue weighted by atomic mass is 16.5. The van der Waals surface area contributed by atoms with Gasteiger partial charge in [0.15, 0.2) is 11.5 Å². The number of benzene rings is 3. The zero-order chi connectivity index (χ0) is 19.0. The van der Waals surface area contributed by atoms with Crippen LogP contribution in [-0.4, -0.2) is 27.2 Å². The summed E-state index contributed by atoms with van der Waals surface area (Å²) in [5, 5.41) is 5.36. The van der Waals surface area contributed by atoms with Crippen molar-refractivity contribution < 1.29 is 19.0 Å². The fourth-order valence-corrected chi connectivity index (χ4v) is 3.83. The number of nitrogens with one attached hydrogen (secondary N) is 1. The SMILES string of the molecule is COc1ccc(C(=O)Nc2ccc3c4c(cccc24)CC3)c(OC)c1OC. The maximum atomic E-state index is 13.0. The van der Waals surface area contributed by atoms with Crippen LogP contribution in [0.25, 0.3) is 10.8 Å². The predicted molar refractivity (Wildman–Crippen MR) is 105 cm³/mol. The highest BCUT2D eigenvalue weighted by Crippen LogP contribution is 2.40. The van der Waals surface area contributed by atoms with Gasteiger partial charge in [-0.2, -0.15) is 0 Å². The Morgan fingerprint density at radius 1 is 0.852 bits per heavy atom. The van der Waals surface area contributed by atoms with Crippen LogP contribution in [0, 0.1) is 0 Å². The van der Waals surface area contributed by atoms with Crippen molar-refractivity contribution in [1.29, 1.82) is 0 Å². The molecule has 138 valence electrons. The first-order chi connectivity index (χ1) is 13.2. The van der Waals surface area contributed by atoms with Crippen LogP contribution in [0.15, 0.2) is 42.5 Å². The van der Waals surface area contributed by atoms with Crippen LogP contribution in [-0.2, 0) is 12.8 Å². The Hall–Kier alpha value is -3.21. The number of carbonyl (C=O) groups is 1. The average molecular weight is 363 g/mol. The molecule has 0 atom stereocenters. The third-order valence-electron chi connectivity index (χ3n) is 5.07. The second kappa shape index (κ2) is 6.83. The number of amides is 1. The lowest BCUT2D eigenvalue weighted by Gasteiger charge is -2.16. The molecule has 0 aliphatic heterocycles. The molecule has 0 saturated carbocycles. The van der Waals surface area contributed by atoms with Gasteiger partial charge in [-0.1, -0.05) is 24.3 Å². The van der Waals surface area contributed by atoms with Crippen LogP contribution in [0.3, 0.4) is 0 Å². The van der Waals surface area contributed by atoms with Gasteiger partial charge >= 0.3 is 0 Å². The molecular weight excluding hydrogens is 342 g/mol. The molecule has 27 heavy (non-hydrogen) atoms. The number of anilines is 1. The summed E-state index contributed by atoms with van der Waals surface area (Å²) < 4.78 is 16.1. The van der Waals surface area contributed by atoms with Crippen molar-refractivity contribution in [3.63, 3.8) is 0 Å². The van der Waals surface area contributed by atoms with Gasteiger partial charge < -0.3 is 19.5 Å². The first kappa shape index (κ1) is 17.2. The fourth-order valence-electron chi connectivity index (χ4n) is 3.83. The molecule has 0 bridgehead atoms. The molecule has 0 saturated heterocycles. The Labute approximate surface area is 157 Å². The minimum atomic E-state index is -0.258. The molecule has 0 heterocycles. The van der Waals surface area contributed by atoms with Crippen molar-refractivity contribution in [2.75, 3.05) is 26.6 Å². The molecule has 0 aromatic heterocycles. The van der Waals surface area contributed by atoms with E-state index in [1.54, 1.807) is 19.2 Å². The van der Waals surface area contributed by atoms with E-state index in [2.05, 4.69) is 23.5 Å². The molecule has 5 heteroatoms. The Balaban J connectivity index is 1.75. The van der Waals surface area contributed by atoms with Crippen LogP contribution in [0.4, 0.5) is 5.69 Å². The Morgan fingerprint density at radius 3 is 2.30 bits per heavy atom. The van der Waals surface area contributed by atoms with Crippen molar-refractivity contribution in [3.05, 3.63) is 59.2 Å². The van der Waals surface area contributed by atoms with Gasteiger partial charge in [0, 0.05) is 11.1 Å². The van der Waals surface area contributed by atoms with Crippen LogP contribution < -0.4 is 19.5 Å². The van der Waals surface area contributed by atoms with E-state index < -0.39 is 0 Å². The van der Waals surface area contributed by atoms with Crippen molar-refractivity contribution in [2.45, 2.75) is 12.8 Å². The molecule has 0 radical (unpaired) electrons. The monoisotopic (exact) mass is 363 g/mol. The van der Waals surface area contributed by atoms with Gasteiger partial charge in [-0.25, -0.2) is 0 Å². The molecular formula is C22H21NO4. The summed E-state index contributed by atoms with van der Waals surface area (Å²) in [6.45, 7) is 0. The highest BCUT2D eigenvalue weighted by Gasteiger charge is 2.22. The van der Waals surface area contributed by atoms with E-state index in [0.29, 0.717) is 22.8 Å². The normalized spacial score (nSPS) is 12.1. The third-order valence-corrected chi connectivity index (χ3v) is 5.07. The number of aryl methyl sites for hydroxylation is 2. The van der Waals surface area contributed by atoms with Gasteiger partial charge in [-0.3, -0.25) is 4.79 Å². The number of methoxy groups -OCH3 is 3. The summed E-state index contributed by atoms with van der Waals surface area (Å²) in [5.41, 5.74) is 3.85. The van der Waals surface area contributed by atoms with E-state index in [1.165, 1.54) is 30.7 Å². The van der Waals surface area contributed by atoms with Gasteiger partial charge in [0.2, 0.25) is 5.75 Å². The molecule has 0 spiro atoms. The van der Waals surface area contributed by atoms with Gasteiger partial charge in [0.25, 0.3) is 5.91 Å². The van der Waals surface area contributed by atoms with Crippen LogP contribution in [0.1, 0.15) is 21.5 Å². The zero-order valence-corrected chi connectivity index (χ0v) is 15.6. The standard InChI is InChI=1S/C22H21NO4/c1-25-18-12-10-16(20(26-2)21(18)27-3)22(24)23-17-11-9-14-8-7-13-5-4-6-15(17)19(13)14/h4-6,9-12H,7-8H2,1-3H3,(H,23,24). The maximum Gasteiger partial charge on any atom is 0.259 e. The largest absolute Gasteiger partial charge is 0.493 e. The van der Waals surface area contributed by atoms with Crippen molar-refractivity contribution in [3.8, 4) is 17.2 Å². The predicted octanol–water partition coefficient (Wildman–Crippen LogP) is 4.22. The van der Waals surface area contributed by atoms with Crippen LogP contribution >= 0.6 is 0 Å². The summed E-state index contributed by atoms with van der Waals surface area (Å²) in [4.78, 5) is 13.0. The summed E-state index contributed by atoms with van der Waals surface area (Å²) in [6.07, 6.45) is 2.10. The Bertz CT molecular complexity index is 1030. The maximum absolute atomic E-state index is 13.0. The molecule has 0 unspecified atom stereocenters. The molecule has 3 aromatic carbocycles. The summed E-state index contributed by atoms with van der Waals surface area (Å²) >= 11 is 0. The Morgan fingerprint density at radius 2 is 1.59 bits per heavy atom. The summed E-state index contributed by atoms with van der Waals surface area (Å²) in [7, 11) is 4.57. The number of rotatable bonds is 5. The van der Waals surface area contributed by atoms with Crippen molar-refractivity contribution in [1.82, 2.24) is 0 Å². The minimum absolute atomic E-state index is 0.258. The first-order valence-electron chi connectivity index (χ1n) is 8.81. The molecule has 4 rings (SSSR count). The number of ether oxygens (including phenoxy) is 3. The van der Waals surface area contributed by atoms with E-state index in [-0.39, 0.29) is 5.91 Å². The summed E-state index contributed by atoms with van der Waals surface area (Å²) in [5.74, 6) is 0.996. The van der Waals surface area contributed by atoms with Crippen LogP contribution in [0.5, 0.6) is 17.2 Å². The molecule has 3 aromatic rings. The second-order valence-electron chi connectivity index (χ2n) is 6.45. The molecule has 0 fully saturated rings. The van der Waals surface area contributed by atoms with E-state index in [1.807, 2.05) is 12.1 Å². The van der Waals surface area contributed by atoms with E-state index in [0.717, 1.165) is 23.9 Å². The van der Waals surface area contributed by atoms with E-state index in [9.17, 15) is 4.79 Å². The quantitative estimate of drug-likeness (QED) is 0.737. The average Bonchev–Trinajstić information content (AvgIpc) is 3.13. The lowest BCUT2D eigenvalue weighted by Crippen LogP contribution is -2.14. The highest BCUT2D eigenvalue weighted by molar-refractivity contribution is 6.12. The van der Waals surface area contributed by atoms with Gasteiger partial charge in [0.05, 0.1) is 26.9 Å². The number of hydrogen-bond donors (Lipinski definition) is 1. The molecule has 1 N–H and O–H groups in total. The smallest absolute Gasteiger partial charge is 0.259 e. The Kier molecular flexibility index (Phi) is 4.36. The molecule has 5 nitrogen and oxygen atoms in total. The lowest BCUT2D eigenvalue weighted by molar-refractivity contribution is 0.102. The van der Waals surface area contributed by atoms with Crippen molar-refractivity contribution in [2.24, 2.45) is 0 Å². The van der Waals surface area contributed by atoms with Gasteiger partial charge in [0.1, 0.15) is 0 Å². The van der Waals surface area contributed by atoms with Crippen molar-refractivity contribution >= 4 is 22.4 Å². The van der Waals surface area contributed by atoms with E-state index >= 15 is 0 Å². The first-order valence-corrected chi connectivity index (χ1v) is 8.81. The molecule has 1 aliphatic rings. The van der Waals surface area contributed by atoms with Gasteiger partial charge in [-0.05, 0) is 47.6 Å². The third kappa shape index (κ3) is 2.76. The zero-order valence-electron chi connectivity index (χ0n) is 15.6. The van der Waals surface area contributed by atoms with E-state index in [4.69, 9.17) is 14.2 Å². The van der Waals surface area contributed by atoms with Gasteiger partial charge in [-0.15, -0.1) is 0 Å². The van der Waals surface area contributed by atoms with Crippen LogP contribution in [0.2, 0.25) is 0 Å².